The van der Waals surface area contributed by atoms with Gasteiger partial charge in [0.25, 0.3) is 0 Å². The molecule has 22 heavy (non-hydrogen) atoms. The van der Waals surface area contributed by atoms with E-state index in [2.05, 4.69) is 5.10 Å². The van der Waals surface area contributed by atoms with Crippen molar-refractivity contribution < 1.29 is 4.79 Å². The Balaban J connectivity index is 1.82. The van der Waals surface area contributed by atoms with E-state index in [1.165, 1.54) is 0 Å². The molecule has 2 amide bonds. The van der Waals surface area contributed by atoms with Gasteiger partial charge in [-0.15, -0.1) is 0 Å². The summed E-state index contributed by atoms with van der Waals surface area (Å²) in [5.74, 6) is 0.626. The number of carbonyl (C=O) groups excluding carboxylic acids is 1. The van der Waals surface area contributed by atoms with Gasteiger partial charge in [-0.2, -0.15) is 5.10 Å². The smallest absolute Gasteiger partial charge is 0.324 e. The molecule has 1 aromatic heterocycles. The van der Waals surface area contributed by atoms with Crippen LogP contribution in [0.4, 0.5) is 16.3 Å². The molecule has 1 fully saturated rings. The van der Waals surface area contributed by atoms with Gasteiger partial charge < -0.3 is 10.6 Å². The standard InChI is InChI=1S/C16H21N5O/c1-11(2)20-8-9-21(16(20)22)13-6-4-12(5-7-13)14-10-15(17)19(3)18-14/h4-7,10-11H,8-9,17H2,1-3H3. The molecule has 6 nitrogen and oxygen atoms in total. The maximum Gasteiger partial charge on any atom is 0.324 e. The molecule has 0 bridgehead atoms. The lowest BCUT2D eigenvalue weighted by Gasteiger charge is -2.21. The Kier molecular flexibility index (Phi) is 3.52. The molecule has 0 saturated carbocycles. The zero-order valence-electron chi connectivity index (χ0n) is 13.2. The molecule has 1 saturated heterocycles. The number of aromatic nitrogens is 2. The molecule has 2 heterocycles. The van der Waals surface area contributed by atoms with Gasteiger partial charge in [-0.05, 0) is 26.0 Å². The lowest BCUT2D eigenvalue weighted by molar-refractivity contribution is 0.209. The van der Waals surface area contributed by atoms with Crippen LogP contribution < -0.4 is 10.6 Å². The Morgan fingerprint density at radius 1 is 1.18 bits per heavy atom. The summed E-state index contributed by atoms with van der Waals surface area (Å²) < 4.78 is 1.65. The van der Waals surface area contributed by atoms with Gasteiger partial charge in [-0.3, -0.25) is 9.58 Å². The highest BCUT2D eigenvalue weighted by molar-refractivity contribution is 5.94. The van der Waals surface area contributed by atoms with Crippen molar-refractivity contribution in [2.45, 2.75) is 19.9 Å². The number of anilines is 2. The minimum absolute atomic E-state index is 0.0739. The predicted octanol–water partition coefficient (Wildman–Crippen LogP) is 2.32. The van der Waals surface area contributed by atoms with Crippen LogP contribution in [0.3, 0.4) is 0 Å². The maximum absolute atomic E-state index is 12.4. The van der Waals surface area contributed by atoms with Crippen molar-refractivity contribution in [3.05, 3.63) is 30.3 Å². The molecule has 1 aromatic carbocycles. The fraction of sp³-hybridized carbons (Fsp3) is 0.375. The Bertz CT molecular complexity index is 670. The Hall–Kier alpha value is -2.50. The second kappa shape index (κ2) is 5.36. The predicted molar refractivity (Wildman–Crippen MR) is 87.6 cm³/mol. The van der Waals surface area contributed by atoms with E-state index in [1.807, 2.05) is 61.0 Å². The molecule has 2 aromatic rings. The number of carbonyl (C=O) groups is 1. The van der Waals surface area contributed by atoms with Crippen LogP contribution in [0.5, 0.6) is 0 Å². The lowest BCUT2D eigenvalue weighted by Crippen LogP contribution is -2.36. The van der Waals surface area contributed by atoms with Crippen LogP contribution in [-0.2, 0) is 7.05 Å². The van der Waals surface area contributed by atoms with E-state index in [4.69, 9.17) is 5.73 Å². The Morgan fingerprint density at radius 2 is 1.86 bits per heavy atom. The van der Waals surface area contributed by atoms with E-state index in [9.17, 15) is 4.79 Å². The van der Waals surface area contributed by atoms with Gasteiger partial charge in [-0.25, -0.2) is 4.79 Å². The first-order valence-electron chi connectivity index (χ1n) is 7.45. The molecule has 3 rings (SSSR count). The molecule has 0 atom stereocenters. The van der Waals surface area contributed by atoms with E-state index < -0.39 is 0 Å². The molecule has 1 aliphatic rings. The van der Waals surface area contributed by atoms with Crippen LogP contribution in [-0.4, -0.2) is 39.8 Å². The van der Waals surface area contributed by atoms with Crippen molar-refractivity contribution in [2.24, 2.45) is 7.05 Å². The number of aryl methyl sites for hydroxylation is 1. The van der Waals surface area contributed by atoms with Crippen molar-refractivity contribution in [3.63, 3.8) is 0 Å². The van der Waals surface area contributed by atoms with Crippen LogP contribution in [0.2, 0.25) is 0 Å². The molecular formula is C16H21N5O. The number of benzene rings is 1. The summed E-state index contributed by atoms with van der Waals surface area (Å²) in [4.78, 5) is 16.1. The third kappa shape index (κ3) is 2.41. The minimum Gasteiger partial charge on any atom is -0.384 e. The summed E-state index contributed by atoms with van der Waals surface area (Å²) in [7, 11) is 1.82. The zero-order valence-corrected chi connectivity index (χ0v) is 13.2. The molecule has 116 valence electrons. The van der Waals surface area contributed by atoms with Gasteiger partial charge in [0.1, 0.15) is 5.82 Å². The summed E-state index contributed by atoms with van der Waals surface area (Å²) in [5, 5.41) is 4.36. The van der Waals surface area contributed by atoms with Crippen LogP contribution >= 0.6 is 0 Å². The fourth-order valence-corrected chi connectivity index (χ4v) is 2.71. The second-order valence-corrected chi connectivity index (χ2v) is 5.85. The normalized spacial score (nSPS) is 15.2. The van der Waals surface area contributed by atoms with Crippen molar-refractivity contribution in [1.82, 2.24) is 14.7 Å². The SMILES string of the molecule is CC(C)N1CCN(c2ccc(-c3cc(N)n(C)n3)cc2)C1=O. The van der Waals surface area contributed by atoms with Crippen LogP contribution in [0.1, 0.15) is 13.8 Å². The quantitative estimate of drug-likeness (QED) is 0.945. The van der Waals surface area contributed by atoms with E-state index >= 15 is 0 Å². The first-order chi connectivity index (χ1) is 10.5. The van der Waals surface area contributed by atoms with Crippen LogP contribution in [0.15, 0.2) is 30.3 Å². The van der Waals surface area contributed by atoms with Crippen LogP contribution in [0, 0.1) is 0 Å². The van der Waals surface area contributed by atoms with Crippen molar-refractivity contribution in [2.75, 3.05) is 23.7 Å². The monoisotopic (exact) mass is 299 g/mol. The van der Waals surface area contributed by atoms with E-state index in [-0.39, 0.29) is 12.1 Å². The highest BCUT2D eigenvalue weighted by atomic mass is 16.2. The maximum atomic E-state index is 12.4. The number of hydrogen-bond donors (Lipinski definition) is 1. The number of hydrogen-bond acceptors (Lipinski definition) is 3. The van der Waals surface area contributed by atoms with Gasteiger partial charge >= 0.3 is 6.03 Å². The zero-order chi connectivity index (χ0) is 15.9. The number of urea groups is 1. The summed E-state index contributed by atoms with van der Waals surface area (Å²) in [6.07, 6.45) is 0. The number of rotatable bonds is 3. The molecular weight excluding hydrogens is 278 g/mol. The molecule has 0 radical (unpaired) electrons. The average Bonchev–Trinajstić information content (AvgIpc) is 3.03. The summed E-state index contributed by atoms with van der Waals surface area (Å²) >= 11 is 0. The van der Waals surface area contributed by atoms with Crippen molar-refractivity contribution >= 4 is 17.5 Å². The highest BCUT2D eigenvalue weighted by Gasteiger charge is 2.30. The lowest BCUT2D eigenvalue weighted by atomic mass is 10.1. The summed E-state index contributed by atoms with van der Waals surface area (Å²) in [6, 6.07) is 10.0. The first-order valence-corrected chi connectivity index (χ1v) is 7.45. The molecule has 6 heteroatoms. The number of nitrogens with two attached hydrogens (primary N) is 1. The van der Waals surface area contributed by atoms with E-state index in [0.717, 1.165) is 30.0 Å². The molecule has 1 aliphatic heterocycles. The molecule has 0 spiro atoms. The third-order valence-electron chi connectivity index (χ3n) is 4.06. The summed E-state index contributed by atoms with van der Waals surface area (Å²) in [6.45, 7) is 5.58. The largest absolute Gasteiger partial charge is 0.384 e. The number of amides is 2. The minimum atomic E-state index is 0.0739. The number of nitrogens with zero attached hydrogens (tertiary/aromatic N) is 4. The average molecular weight is 299 g/mol. The topological polar surface area (TPSA) is 67.4 Å². The van der Waals surface area contributed by atoms with Gasteiger partial charge in [0.2, 0.25) is 0 Å². The van der Waals surface area contributed by atoms with Gasteiger partial charge in [0, 0.05) is 43.5 Å². The fourth-order valence-electron chi connectivity index (χ4n) is 2.71. The molecule has 0 aliphatic carbocycles. The highest BCUT2D eigenvalue weighted by Crippen LogP contribution is 2.26. The number of nitrogen functional groups attached to an aromatic ring is 1. The van der Waals surface area contributed by atoms with Gasteiger partial charge in [-0.1, -0.05) is 12.1 Å². The van der Waals surface area contributed by atoms with Gasteiger partial charge in [0.05, 0.1) is 5.69 Å². The van der Waals surface area contributed by atoms with Crippen molar-refractivity contribution in [3.8, 4) is 11.3 Å². The Labute approximate surface area is 130 Å². The second-order valence-electron chi connectivity index (χ2n) is 5.85. The van der Waals surface area contributed by atoms with Crippen molar-refractivity contribution in [1.29, 1.82) is 0 Å². The Morgan fingerprint density at radius 3 is 2.36 bits per heavy atom. The molecule has 2 N–H and O–H groups in total. The third-order valence-corrected chi connectivity index (χ3v) is 4.06. The summed E-state index contributed by atoms with van der Waals surface area (Å²) in [5.41, 5.74) is 8.55. The first kappa shape index (κ1) is 14.4. The van der Waals surface area contributed by atoms with Crippen LogP contribution in [0.25, 0.3) is 11.3 Å². The van der Waals surface area contributed by atoms with E-state index in [0.29, 0.717) is 5.82 Å². The molecule has 0 unspecified atom stereocenters. The van der Waals surface area contributed by atoms with E-state index in [1.54, 1.807) is 4.68 Å². The van der Waals surface area contributed by atoms with Gasteiger partial charge in [0.15, 0.2) is 0 Å².